The Hall–Kier alpha value is -1.44. The Labute approximate surface area is 170 Å². The van der Waals surface area contributed by atoms with Crippen molar-refractivity contribution >= 4 is 15.9 Å². The zero-order valence-electron chi connectivity index (χ0n) is 18.1. The summed E-state index contributed by atoms with van der Waals surface area (Å²) in [5.41, 5.74) is 0.828. The molecule has 1 aromatic carbocycles. The number of sulfonamides is 1. The monoisotopic (exact) mass is 409 g/mol. The van der Waals surface area contributed by atoms with E-state index in [1.165, 1.54) is 0 Å². The number of amides is 1. The molecular formula is C21H35N3O3S. The maximum absolute atomic E-state index is 13.0. The van der Waals surface area contributed by atoms with Crippen molar-refractivity contribution in [3.63, 3.8) is 0 Å². The number of carbonyl (C=O) groups is 1. The summed E-state index contributed by atoms with van der Waals surface area (Å²) in [6.07, 6.45) is 0.710. The Morgan fingerprint density at radius 3 is 2.11 bits per heavy atom. The minimum absolute atomic E-state index is 0.0149. The smallest absolute Gasteiger partial charge is 0.243 e. The van der Waals surface area contributed by atoms with E-state index >= 15 is 0 Å². The maximum Gasteiger partial charge on any atom is 0.243 e. The first-order valence-corrected chi connectivity index (χ1v) is 11.4. The third-order valence-corrected chi connectivity index (χ3v) is 6.70. The zero-order chi connectivity index (χ0) is 21.2. The molecule has 0 aromatic heterocycles. The van der Waals surface area contributed by atoms with Crippen molar-refractivity contribution in [1.82, 2.24) is 14.5 Å². The molecular weight excluding hydrogens is 374 g/mol. The van der Waals surface area contributed by atoms with Crippen molar-refractivity contribution in [2.75, 3.05) is 32.7 Å². The molecule has 28 heavy (non-hydrogen) atoms. The quantitative estimate of drug-likeness (QED) is 0.830. The van der Waals surface area contributed by atoms with Crippen LogP contribution in [0.1, 0.15) is 53.5 Å². The molecule has 0 bridgehead atoms. The molecule has 1 aliphatic rings. The predicted octanol–water partition coefficient (Wildman–Crippen LogP) is 2.60. The third-order valence-electron chi connectivity index (χ3n) is 4.79. The lowest BCUT2D eigenvalue weighted by Gasteiger charge is -2.25. The maximum atomic E-state index is 13.0. The van der Waals surface area contributed by atoms with E-state index in [9.17, 15) is 13.2 Å². The molecule has 0 atom stereocenters. The highest BCUT2D eigenvalue weighted by atomic mass is 32.2. The average Bonchev–Trinajstić information content (AvgIpc) is 2.78. The van der Waals surface area contributed by atoms with E-state index < -0.39 is 10.0 Å². The lowest BCUT2D eigenvalue weighted by molar-refractivity contribution is -0.123. The Morgan fingerprint density at radius 1 is 0.964 bits per heavy atom. The molecule has 1 saturated heterocycles. The largest absolute Gasteiger partial charge is 0.350 e. The number of benzene rings is 1. The first kappa shape index (κ1) is 22.8. The van der Waals surface area contributed by atoms with Gasteiger partial charge in [-0.1, -0.05) is 32.9 Å². The lowest BCUT2D eigenvalue weighted by Crippen LogP contribution is -2.46. The number of nitrogens with one attached hydrogen (secondary N) is 1. The number of nitrogens with zero attached hydrogens (tertiary/aromatic N) is 2. The molecule has 0 aliphatic carbocycles. The van der Waals surface area contributed by atoms with Crippen LogP contribution in [0.2, 0.25) is 0 Å². The molecule has 1 aromatic rings. The van der Waals surface area contributed by atoms with Crippen molar-refractivity contribution in [3.8, 4) is 0 Å². The molecule has 0 radical (unpaired) electrons. The SMILES string of the molecule is CC(C)(C)NC(=O)CN1CCCN(S(=O)(=O)c2ccc(C(C)(C)C)cc2)CC1. The normalized spacial score (nSPS) is 17.9. The van der Waals surface area contributed by atoms with E-state index in [1.54, 1.807) is 16.4 Å². The fourth-order valence-electron chi connectivity index (χ4n) is 3.28. The van der Waals surface area contributed by atoms with E-state index in [-0.39, 0.29) is 16.9 Å². The number of hydrogen-bond donors (Lipinski definition) is 1. The van der Waals surface area contributed by atoms with Crippen molar-refractivity contribution < 1.29 is 13.2 Å². The summed E-state index contributed by atoms with van der Waals surface area (Å²) in [6, 6.07) is 7.20. The van der Waals surface area contributed by atoms with Crippen LogP contribution in [0.5, 0.6) is 0 Å². The van der Waals surface area contributed by atoms with Gasteiger partial charge >= 0.3 is 0 Å². The summed E-state index contributed by atoms with van der Waals surface area (Å²) in [6.45, 7) is 14.6. The van der Waals surface area contributed by atoms with Crippen LogP contribution >= 0.6 is 0 Å². The van der Waals surface area contributed by atoms with Crippen LogP contribution < -0.4 is 5.32 Å². The molecule has 0 spiro atoms. The molecule has 1 aliphatic heterocycles. The van der Waals surface area contributed by atoms with E-state index in [4.69, 9.17) is 0 Å². The predicted molar refractivity (Wildman–Crippen MR) is 113 cm³/mol. The summed E-state index contributed by atoms with van der Waals surface area (Å²) >= 11 is 0. The number of rotatable bonds is 4. The fourth-order valence-corrected chi connectivity index (χ4v) is 4.75. The van der Waals surface area contributed by atoms with Crippen LogP contribution in [-0.2, 0) is 20.2 Å². The molecule has 0 unspecified atom stereocenters. The van der Waals surface area contributed by atoms with Crippen LogP contribution in [0.15, 0.2) is 29.2 Å². The van der Waals surface area contributed by atoms with Crippen molar-refractivity contribution in [2.24, 2.45) is 0 Å². The van der Waals surface area contributed by atoms with Gasteiger partial charge in [0.05, 0.1) is 11.4 Å². The van der Waals surface area contributed by atoms with Gasteiger partial charge in [0.2, 0.25) is 15.9 Å². The summed E-state index contributed by atoms with van der Waals surface area (Å²) in [4.78, 5) is 14.5. The molecule has 7 heteroatoms. The molecule has 158 valence electrons. The fraction of sp³-hybridized carbons (Fsp3) is 0.667. The van der Waals surface area contributed by atoms with Crippen molar-refractivity contribution in [3.05, 3.63) is 29.8 Å². The van der Waals surface area contributed by atoms with Crippen LogP contribution in [0, 0.1) is 0 Å². The third kappa shape index (κ3) is 6.29. The second kappa shape index (κ2) is 8.51. The highest BCUT2D eigenvalue weighted by Gasteiger charge is 2.28. The highest BCUT2D eigenvalue weighted by Crippen LogP contribution is 2.25. The Kier molecular flexibility index (Phi) is 6.94. The highest BCUT2D eigenvalue weighted by molar-refractivity contribution is 7.89. The molecule has 6 nitrogen and oxygen atoms in total. The van der Waals surface area contributed by atoms with Crippen molar-refractivity contribution in [2.45, 2.75) is 63.8 Å². The Morgan fingerprint density at radius 2 is 1.57 bits per heavy atom. The lowest BCUT2D eigenvalue weighted by atomic mass is 9.87. The van der Waals surface area contributed by atoms with Gasteiger partial charge in [0.1, 0.15) is 0 Å². The van der Waals surface area contributed by atoms with E-state index in [2.05, 4.69) is 26.1 Å². The molecule has 0 saturated carbocycles. The van der Waals surface area contributed by atoms with Gasteiger partial charge in [0.15, 0.2) is 0 Å². The zero-order valence-corrected chi connectivity index (χ0v) is 18.9. The van der Waals surface area contributed by atoms with Crippen LogP contribution in [-0.4, -0.2) is 61.8 Å². The topological polar surface area (TPSA) is 69.7 Å². The van der Waals surface area contributed by atoms with E-state index in [0.29, 0.717) is 44.0 Å². The second-order valence-corrected chi connectivity index (χ2v) is 11.5. The van der Waals surface area contributed by atoms with Crippen LogP contribution in [0.3, 0.4) is 0 Å². The van der Waals surface area contributed by atoms with Gasteiger partial charge in [-0.25, -0.2) is 8.42 Å². The van der Waals surface area contributed by atoms with Crippen LogP contribution in [0.25, 0.3) is 0 Å². The van der Waals surface area contributed by atoms with Crippen molar-refractivity contribution in [1.29, 1.82) is 0 Å². The average molecular weight is 410 g/mol. The summed E-state index contributed by atoms with van der Waals surface area (Å²) in [5, 5.41) is 2.96. The van der Waals surface area contributed by atoms with Gasteiger partial charge in [-0.15, -0.1) is 0 Å². The second-order valence-electron chi connectivity index (χ2n) is 9.61. The van der Waals surface area contributed by atoms with Gasteiger partial charge in [-0.2, -0.15) is 4.31 Å². The standard InChI is InChI=1S/C21H35N3O3S/c1-20(2,3)17-8-10-18(11-9-17)28(26,27)24-13-7-12-23(14-15-24)16-19(25)22-21(4,5)6/h8-11H,7,12-16H2,1-6H3,(H,22,25). The van der Waals surface area contributed by atoms with Gasteiger partial charge in [0.25, 0.3) is 0 Å². The number of carbonyl (C=O) groups excluding carboxylic acids is 1. The van der Waals surface area contributed by atoms with E-state index in [0.717, 1.165) is 5.56 Å². The summed E-state index contributed by atoms with van der Waals surface area (Å²) in [5.74, 6) is -0.0263. The minimum Gasteiger partial charge on any atom is -0.350 e. The Balaban J connectivity index is 2.03. The van der Waals surface area contributed by atoms with Gasteiger partial charge < -0.3 is 5.32 Å². The number of hydrogen-bond acceptors (Lipinski definition) is 4. The first-order valence-electron chi connectivity index (χ1n) is 9.93. The van der Waals surface area contributed by atoms with Crippen LogP contribution in [0.4, 0.5) is 0 Å². The minimum atomic E-state index is -3.52. The molecule has 1 heterocycles. The molecule has 2 rings (SSSR count). The van der Waals surface area contributed by atoms with Gasteiger partial charge in [0, 0.05) is 25.2 Å². The first-order chi connectivity index (χ1) is 12.8. The Bertz CT molecular complexity index is 775. The van der Waals surface area contributed by atoms with Gasteiger partial charge in [-0.05, 0) is 56.8 Å². The molecule has 1 amide bonds. The van der Waals surface area contributed by atoms with E-state index in [1.807, 2.05) is 37.8 Å². The van der Waals surface area contributed by atoms with Gasteiger partial charge in [-0.3, -0.25) is 9.69 Å². The molecule has 1 fully saturated rings. The summed E-state index contributed by atoms with van der Waals surface area (Å²) < 4.78 is 27.6. The molecule has 1 N–H and O–H groups in total. The summed E-state index contributed by atoms with van der Waals surface area (Å²) in [7, 11) is -3.52.